The van der Waals surface area contributed by atoms with Crippen LogP contribution in [-0.4, -0.2) is 12.2 Å². The van der Waals surface area contributed by atoms with Gasteiger partial charge in [-0.25, -0.2) is 0 Å². The lowest BCUT2D eigenvalue weighted by atomic mass is 9.90. The van der Waals surface area contributed by atoms with E-state index in [1.54, 1.807) is 21.0 Å². The van der Waals surface area contributed by atoms with E-state index in [4.69, 9.17) is 4.74 Å². The van der Waals surface area contributed by atoms with Crippen molar-refractivity contribution in [3.63, 3.8) is 0 Å². The van der Waals surface area contributed by atoms with Gasteiger partial charge in [0.1, 0.15) is 11.4 Å². The van der Waals surface area contributed by atoms with Crippen LogP contribution >= 0.6 is 0 Å². The molecule has 76 valence electrons. The van der Waals surface area contributed by atoms with E-state index in [2.05, 4.69) is 6.58 Å². The summed E-state index contributed by atoms with van der Waals surface area (Å²) >= 11 is 0. The fourth-order valence-electron chi connectivity index (χ4n) is 1.17. The molecule has 0 aliphatic heterocycles. The van der Waals surface area contributed by atoms with Gasteiger partial charge in [0, 0.05) is 0 Å². The molecule has 0 aromatic heterocycles. The lowest BCUT2D eigenvalue weighted by Crippen LogP contribution is -2.21. The molecule has 0 spiro atoms. The van der Waals surface area contributed by atoms with Crippen molar-refractivity contribution in [1.82, 2.24) is 0 Å². The van der Waals surface area contributed by atoms with Gasteiger partial charge in [-0.15, -0.1) is 0 Å². The van der Waals surface area contributed by atoms with E-state index in [0.29, 0.717) is 5.57 Å². The molecule has 0 saturated heterocycles. The highest BCUT2D eigenvalue weighted by Gasteiger charge is 2.23. The van der Waals surface area contributed by atoms with Gasteiger partial charge in [0.2, 0.25) is 0 Å². The van der Waals surface area contributed by atoms with E-state index < -0.39 is 5.60 Å². The Bertz CT molecular complexity index is 340. The maximum Gasteiger partial charge on any atom is 0.119 e. The summed E-state index contributed by atoms with van der Waals surface area (Å²) in [6.45, 7) is 7.30. The summed E-state index contributed by atoms with van der Waals surface area (Å²) in [5.74, 6) is 0.740. The number of benzene rings is 1. The molecule has 1 N–H and O–H groups in total. The van der Waals surface area contributed by atoms with Crippen molar-refractivity contribution in [2.75, 3.05) is 7.11 Å². The Balaban J connectivity index is 3.12. The molecule has 0 amide bonds. The van der Waals surface area contributed by atoms with E-state index in [-0.39, 0.29) is 0 Å². The molecule has 0 saturated carbocycles. The summed E-state index contributed by atoms with van der Waals surface area (Å²) in [6.07, 6.45) is 0. The second-order valence-corrected chi connectivity index (χ2v) is 3.58. The second-order valence-electron chi connectivity index (χ2n) is 3.58. The van der Waals surface area contributed by atoms with Crippen molar-refractivity contribution < 1.29 is 9.84 Å². The number of aliphatic hydroxyl groups is 1. The van der Waals surface area contributed by atoms with Crippen LogP contribution in [0.3, 0.4) is 0 Å². The molecule has 1 unspecified atom stereocenters. The highest BCUT2D eigenvalue weighted by Crippen LogP contribution is 2.29. The maximum atomic E-state index is 10.1. The number of hydrogen-bond donors (Lipinski definition) is 1. The Morgan fingerprint density at radius 3 is 2.64 bits per heavy atom. The van der Waals surface area contributed by atoms with E-state index >= 15 is 0 Å². The average Bonchev–Trinajstić information content (AvgIpc) is 2.17. The van der Waals surface area contributed by atoms with Crippen LogP contribution in [0.4, 0.5) is 0 Å². The summed E-state index contributed by atoms with van der Waals surface area (Å²) in [5.41, 5.74) is 0.518. The molecule has 2 nitrogen and oxygen atoms in total. The Labute approximate surface area is 84.8 Å². The lowest BCUT2D eigenvalue weighted by Gasteiger charge is -2.24. The van der Waals surface area contributed by atoms with Crippen LogP contribution in [-0.2, 0) is 5.60 Å². The van der Waals surface area contributed by atoms with Crippen LogP contribution in [0.5, 0.6) is 5.75 Å². The van der Waals surface area contributed by atoms with Gasteiger partial charge in [-0.1, -0.05) is 18.7 Å². The summed E-state index contributed by atoms with van der Waals surface area (Å²) in [6, 6.07) is 7.37. The van der Waals surface area contributed by atoms with E-state index in [1.165, 1.54) is 0 Å². The Morgan fingerprint density at radius 2 is 2.14 bits per heavy atom. The lowest BCUT2D eigenvalue weighted by molar-refractivity contribution is 0.0978. The van der Waals surface area contributed by atoms with E-state index in [1.807, 2.05) is 24.3 Å². The van der Waals surface area contributed by atoms with Gasteiger partial charge in [0.15, 0.2) is 0 Å². The van der Waals surface area contributed by atoms with Crippen molar-refractivity contribution in [3.05, 3.63) is 42.0 Å². The third-order valence-electron chi connectivity index (χ3n) is 2.46. The van der Waals surface area contributed by atoms with Gasteiger partial charge < -0.3 is 9.84 Å². The molecule has 2 heteroatoms. The first kappa shape index (κ1) is 10.8. The van der Waals surface area contributed by atoms with Gasteiger partial charge in [-0.05, 0) is 37.1 Å². The predicted molar refractivity (Wildman–Crippen MR) is 57.4 cm³/mol. The largest absolute Gasteiger partial charge is 0.497 e. The van der Waals surface area contributed by atoms with E-state index in [0.717, 1.165) is 11.3 Å². The number of rotatable bonds is 3. The molecule has 14 heavy (non-hydrogen) atoms. The highest BCUT2D eigenvalue weighted by molar-refractivity contribution is 5.36. The van der Waals surface area contributed by atoms with Crippen LogP contribution in [0, 0.1) is 0 Å². The van der Waals surface area contributed by atoms with Crippen molar-refractivity contribution >= 4 is 0 Å². The highest BCUT2D eigenvalue weighted by atomic mass is 16.5. The first-order chi connectivity index (χ1) is 6.48. The molecular weight excluding hydrogens is 176 g/mol. The molecule has 0 fully saturated rings. The zero-order valence-corrected chi connectivity index (χ0v) is 8.87. The van der Waals surface area contributed by atoms with Gasteiger partial charge >= 0.3 is 0 Å². The van der Waals surface area contributed by atoms with Crippen molar-refractivity contribution in [1.29, 1.82) is 0 Å². The number of methoxy groups -OCH3 is 1. The van der Waals surface area contributed by atoms with Crippen molar-refractivity contribution in [2.24, 2.45) is 0 Å². The fraction of sp³-hybridized carbons (Fsp3) is 0.333. The first-order valence-corrected chi connectivity index (χ1v) is 4.51. The quantitative estimate of drug-likeness (QED) is 0.745. The fourth-order valence-corrected chi connectivity index (χ4v) is 1.17. The minimum Gasteiger partial charge on any atom is -0.497 e. The SMILES string of the molecule is C=C(C)C(C)(O)c1cccc(OC)c1. The minimum atomic E-state index is -0.992. The zero-order chi connectivity index (χ0) is 10.8. The maximum absolute atomic E-state index is 10.1. The van der Waals surface area contributed by atoms with E-state index in [9.17, 15) is 5.11 Å². The molecule has 1 atom stereocenters. The van der Waals surface area contributed by atoms with Gasteiger partial charge in [-0.2, -0.15) is 0 Å². The molecule has 1 aromatic carbocycles. The molecule has 1 aromatic rings. The second kappa shape index (κ2) is 3.84. The number of hydrogen-bond acceptors (Lipinski definition) is 2. The Hall–Kier alpha value is -1.28. The first-order valence-electron chi connectivity index (χ1n) is 4.51. The smallest absolute Gasteiger partial charge is 0.119 e. The molecule has 0 aliphatic rings. The van der Waals surface area contributed by atoms with Crippen LogP contribution in [0.2, 0.25) is 0 Å². The van der Waals surface area contributed by atoms with Crippen LogP contribution in [0.15, 0.2) is 36.4 Å². The van der Waals surface area contributed by atoms with Crippen molar-refractivity contribution in [2.45, 2.75) is 19.4 Å². The summed E-state index contributed by atoms with van der Waals surface area (Å²) in [7, 11) is 1.61. The summed E-state index contributed by atoms with van der Waals surface area (Å²) in [5, 5.41) is 10.1. The molecule has 1 rings (SSSR count). The Morgan fingerprint density at radius 1 is 1.50 bits per heavy atom. The summed E-state index contributed by atoms with van der Waals surface area (Å²) in [4.78, 5) is 0. The monoisotopic (exact) mass is 192 g/mol. The van der Waals surface area contributed by atoms with Gasteiger partial charge in [0.25, 0.3) is 0 Å². The van der Waals surface area contributed by atoms with Crippen LogP contribution in [0.25, 0.3) is 0 Å². The molecule has 0 heterocycles. The number of ether oxygens (including phenoxy) is 1. The Kier molecular flexibility index (Phi) is 2.96. The van der Waals surface area contributed by atoms with Gasteiger partial charge in [-0.3, -0.25) is 0 Å². The molecular formula is C12H16O2. The molecule has 0 bridgehead atoms. The average molecular weight is 192 g/mol. The third kappa shape index (κ3) is 1.96. The van der Waals surface area contributed by atoms with Crippen LogP contribution < -0.4 is 4.74 Å². The van der Waals surface area contributed by atoms with Gasteiger partial charge in [0.05, 0.1) is 7.11 Å². The minimum absolute atomic E-state index is 0.714. The summed E-state index contributed by atoms with van der Waals surface area (Å²) < 4.78 is 5.09. The zero-order valence-electron chi connectivity index (χ0n) is 8.87. The standard InChI is InChI=1S/C12H16O2/c1-9(2)12(3,13)10-6-5-7-11(8-10)14-4/h5-8,13H,1H2,2-4H3. The predicted octanol–water partition coefficient (Wildman–Crippen LogP) is 2.48. The van der Waals surface area contributed by atoms with Crippen molar-refractivity contribution in [3.8, 4) is 5.75 Å². The topological polar surface area (TPSA) is 29.5 Å². The molecule has 0 radical (unpaired) electrons. The normalized spacial score (nSPS) is 14.6. The third-order valence-corrected chi connectivity index (χ3v) is 2.46. The molecule has 0 aliphatic carbocycles. The van der Waals surface area contributed by atoms with Crippen LogP contribution in [0.1, 0.15) is 19.4 Å².